The van der Waals surface area contributed by atoms with Crippen molar-refractivity contribution in [3.8, 4) is 0 Å². The van der Waals surface area contributed by atoms with Gasteiger partial charge in [-0.25, -0.2) is 0 Å². The van der Waals surface area contributed by atoms with Crippen LogP contribution in [0.1, 0.15) is 155 Å². The van der Waals surface area contributed by atoms with E-state index in [2.05, 4.69) is 13.8 Å². The van der Waals surface area contributed by atoms with Crippen LogP contribution in [0, 0.1) is 0 Å². The van der Waals surface area contributed by atoms with Crippen molar-refractivity contribution >= 4 is 0 Å². The first kappa shape index (κ1) is 59.5. The third kappa shape index (κ3) is 57.5. The number of hydrogen-bond acceptors (Lipinski definition) is 12. The van der Waals surface area contributed by atoms with Crippen LogP contribution in [0.15, 0.2) is 0 Å². The standard InChI is InChI=1S/C48H98O12/c1-3-5-7-9-11-12-13-14-15-16-17-18-19-20-22-24-26-50-28-30-52-32-34-54-36-38-56-40-42-58-44-46-60-48-47-59-45-43-57-41-39-55-37-35-53-33-31-51-29-27-49-25-23-21-10-8-6-4-2/h3-48H2,1-2H3. The summed E-state index contributed by atoms with van der Waals surface area (Å²) in [5.74, 6) is 0. The number of ether oxygens (including phenoxy) is 12. The van der Waals surface area contributed by atoms with Crippen LogP contribution in [0.2, 0.25) is 0 Å². The second-order valence-electron chi connectivity index (χ2n) is 15.4. The minimum atomic E-state index is 0.522. The van der Waals surface area contributed by atoms with Gasteiger partial charge in [-0.15, -0.1) is 0 Å². The zero-order valence-corrected chi connectivity index (χ0v) is 39.4. The molecule has 12 heteroatoms. The highest BCUT2D eigenvalue weighted by Gasteiger charge is 1.99. The average Bonchev–Trinajstić information content (AvgIpc) is 3.26. The molecule has 0 bridgehead atoms. The summed E-state index contributed by atoms with van der Waals surface area (Å²) in [6, 6.07) is 0. The van der Waals surface area contributed by atoms with E-state index in [-0.39, 0.29) is 0 Å². The molecule has 0 heterocycles. The van der Waals surface area contributed by atoms with E-state index < -0.39 is 0 Å². The zero-order chi connectivity index (χ0) is 43.0. The molecule has 0 saturated carbocycles. The monoisotopic (exact) mass is 867 g/mol. The van der Waals surface area contributed by atoms with Crippen molar-refractivity contribution in [2.24, 2.45) is 0 Å². The molecule has 12 nitrogen and oxygen atoms in total. The molecule has 362 valence electrons. The Hall–Kier alpha value is -0.480. The van der Waals surface area contributed by atoms with Crippen LogP contribution in [-0.4, -0.2) is 159 Å². The highest BCUT2D eigenvalue weighted by molar-refractivity contribution is 4.50. The van der Waals surface area contributed by atoms with Gasteiger partial charge in [0.05, 0.1) is 145 Å². The summed E-state index contributed by atoms with van der Waals surface area (Å²) >= 11 is 0. The van der Waals surface area contributed by atoms with Crippen molar-refractivity contribution in [3.63, 3.8) is 0 Å². The number of hydrogen-bond donors (Lipinski definition) is 0. The zero-order valence-electron chi connectivity index (χ0n) is 39.4. The molecule has 0 fully saturated rings. The lowest BCUT2D eigenvalue weighted by Crippen LogP contribution is -2.15. The maximum atomic E-state index is 5.70. The second-order valence-corrected chi connectivity index (χ2v) is 15.4. The molecule has 0 amide bonds. The van der Waals surface area contributed by atoms with Crippen LogP contribution in [0.4, 0.5) is 0 Å². The Kier molecular flexibility index (Phi) is 58.1. The van der Waals surface area contributed by atoms with Gasteiger partial charge < -0.3 is 56.8 Å². The Bertz CT molecular complexity index is 665. The normalized spacial score (nSPS) is 11.7. The molecule has 0 aromatic rings. The largest absolute Gasteiger partial charge is 0.379 e. The summed E-state index contributed by atoms with van der Waals surface area (Å²) in [4.78, 5) is 0. The molecule has 0 saturated heterocycles. The molecule has 0 aliphatic rings. The molecular weight excluding hydrogens is 769 g/mol. The predicted octanol–water partition coefficient (Wildman–Crippen LogP) is 9.81. The summed E-state index contributed by atoms with van der Waals surface area (Å²) in [6.45, 7) is 18.4. The van der Waals surface area contributed by atoms with Crippen molar-refractivity contribution < 1.29 is 56.8 Å². The Morgan fingerprint density at radius 3 is 0.400 bits per heavy atom. The van der Waals surface area contributed by atoms with Gasteiger partial charge in [0, 0.05) is 13.2 Å². The molecule has 0 aromatic heterocycles. The summed E-state index contributed by atoms with van der Waals surface area (Å²) in [5.41, 5.74) is 0. The van der Waals surface area contributed by atoms with Gasteiger partial charge in [0.2, 0.25) is 0 Å². The Balaban J connectivity index is 3.06. The SMILES string of the molecule is CCCCCCCCCCCCCCCCCCOCCOCCOCCOCCOCCOCCOCCOCCOCCOCCOCCOCCCCCCCC. The van der Waals surface area contributed by atoms with Crippen molar-refractivity contribution in [3.05, 3.63) is 0 Å². The van der Waals surface area contributed by atoms with Gasteiger partial charge in [-0.3, -0.25) is 0 Å². The van der Waals surface area contributed by atoms with E-state index in [9.17, 15) is 0 Å². The van der Waals surface area contributed by atoms with Gasteiger partial charge in [0.15, 0.2) is 0 Å². The summed E-state index contributed by atoms with van der Waals surface area (Å²) < 4.78 is 66.7. The number of unbranched alkanes of at least 4 members (excludes halogenated alkanes) is 20. The smallest absolute Gasteiger partial charge is 0.0701 e. The number of rotatable bonds is 57. The highest BCUT2D eigenvalue weighted by atomic mass is 16.6. The first-order valence-corrected chi connectivity index (χ1v) is 24.8. The Morgan fingerprint density at radius 2 is 0.250 bits per heavy atom. The molecule has 0 rings (SSSR count). The quantitative estimate of drug-likeness (QED) is 0.0543. The summed E-state index contributed by atoms with van der Waals surface area (Å²) in [6.07, 6.45) is 29.9. The van der Waals surface area contributed by atoms with E-state index in [1.165, 1.54) is 128 Å². The molecule has 0 radical (unpaired) electrons. The molecule has 0 atom stereocenters. The maximum absolute atomic E-state index is 5.70. The second kappa shape index (κ2) is 58.5. The fourth-order valence-electron chi connectivity index (χ4n) is 6.26. The topological polar surface area (TPSA) is 111 Å². The van der Waals surface area contributed by atoms with Gasteiger partial charge in [-0.05, 0) is 12.8 Å². The van der Waals surface area contributed by atoms with Crippen molar-refractivity contribution in [2.45, 2.75) is 155 Å². The highest BCUT2D eigenvalue weighted by Crippen LogP contribution is 2.14. The van der Waals surface area contributed by atoms with E-state index in [0.717, 1.165) is 26.1 Å². The van der Waals surface area contributed by atoms with Crippen LogP contribution in [0.25, 0.3) is 0 Å². The average molecular weight is 867 g/mol. The van der Waals surface area contributed by atoms with Gasteiger partial charge >= 0.3 is 0 Å². The first-order valence-electron chi connectivity index (χ1n) is 24.8. The lowest BCUT2D eigenvalue weighted by molar-refractivity contribution is -0.0284. The Labute approximate surface area is 369 Å². The Morgan fingerprint density at radius 1 is 0.133 bits per heavy atom. The molecule has 0 aromatic carbocycles. The molecule has 0 unspecified atom stereocenters. The minimum absolute atomic E-state index is 0.522. The molecule has 0 N–H and O–H groups in total. The molecule has 60 heavy (non-hydrogen) atoms. The predicted molar refractivity (Wildman–Crippen MR) is 243 cm³/mol. The molecular formula is C48H98O12. The molecule has 0 aliphatic carbocycles. The maximum Gasteiger partial charge on any atom is 0.0701 e. The van der Waals surface area contributed by atoms with E-state index >= 15 is 0 Å². The third-order valence-electron chi connectivity index (χ3n) is 9.88. The van der Waals surface area contributed by atoms with Gasteiger partial charge in [-0.1, -0.05) is 142 Å². The van der Waals surface area contributed by atoms with Crippen LogP contribution in [0.3, 0.4) is 0 Å². The van der Waals surface area contributed by atoms with Crippen LogP contribution in [-0.2, 0) is 56.8 Å². The first-order chi connectivity index (χ1) is 29.9. The van der Waals surface area contributed by atoms with Crippen LogP contribution >= 0.6 is 0 Å². The fraction of sp³-hybridized carbons (Fsp3) is 1.00. The third-order valence-corrected chi connectivity index (χ3v) is 9.88. The van der Waals surface area contributed by atoms with Gasteiger partial charge in [-0.2, -0.15) is 0 Å². The minimum Gasteiger partial charge on any atom is -0.379 e. The van der Waals surface area contributed by atoms with Crippen LogP contribution < -0.4 is 0 Å². The van der Waals surface area contributed by atoms with E-state index in [0.29, 0.717) is 145 Å². The summed E-state index contributed by atoms with van der Waals surface area (Å²) in [5, 5.41) is 0. The van der Waals surface area contributed by atoms with E-state index in [4.69, 9.17) is 56.8 Å². The molecule has 0 aliphatic heterocycles. The lowest BCUT2D eigenvalue weighted by atomic mass is 10.0. The van der Waals surface area contributed by atoms with Crippen molar-refractivity contribution in [1.29, 1.82) is 0 Å². The molecule has 0 spiro atoms. The van der Waals surface area contributed by atoms with Crippen LogP contribution in [0.5, 0.6) is 0 Å². The van der Waals surface area contributed by atoms with Crippen molar-refractivity contribution in [1.82, 2.24) is 0 Å². The van der Waals surface area contributed by atoms with E-state index in [1.54, 1.807) is 0 Å². The van der Waals surface area contributed by atoms with E-state index in [1.807, 2.05) is 0 Å². The van der Waals surface area contributed by atoms with Gasteiger partial charge in [0.25, 0.3) is 0 Å². The van der Waals surface area contributed by atoms with Gasteiger partial charge in [0.1, 0.15) is 0 Å². The fourth-order valence-corrected chi connectivity index (χ4v) is 6.26. The summed E-state index contributed by atoms with van der Waals surface area (Å²) in [7, 11) is 0. The lowest BCUT2D eigenvalue weighted by Gasteiger charge is -2.09. The van der Waals surface area contributed by atoms with Crippen molar-refractivity contribution in [2.75, 3.05) is 159 Å².